The van der Waals surface area contributed by atoms with Crippen molar-refractivity contribution < 1.29 is 19.1 Å². The number of hydrogen-bond donors (Lipinski definition) is 0. The van der Waals surface area contributed by atoms with Crippen LogP contribution in [-0.4, -0.2) is 31.8 Å². The van der Waals surface area contributed by atoms with E-state index in [1.807, 2.05) is 77.7 Å². The molecule has 3 aromatic rings. The number of benzene rings is 3. The number of thioether (sulfide) groups is 1. The molecule has 158 valence electrons. The summed E-state index contributed by atoms with van der Waals surface area (Å²) in [4.78, 5) is 27.9. The molecule has 2 unspecified atom stereocenters. The average molecular weight is 434 g/mol. The molecule has 1 heterocycles. The fraction of sp³-hybridized carbons (Fsp3) is 0.200. The summed E-state index contributed by atoms with van der Waals surface area (Å²) in [6.07, 6.45) is 0. The Morgan fingerprint density at radius 1 is 0.935 bits per heavy atom. The number of carbonyl (C=O) groups excluding carboxylic acids is 2. The van der Waals surface area contributed by atoms with Crippen LogP contribution in [0.2, 0.25) is 0 Å². The summed E-state index contributed by atoms with van der Waals surface area (Å²) in [5, 5.41) is 0. The summed E-state index contributed by atoms with van der Waals surface area (Å²) in [5.74, 6) is 0.822. The second-order valence-electron chi connectivity index (χ2n) is 7.17. The Labute approximate surface area is 186 Å². The molecule has 1 fully saturated rings. The van der Waals surface area contributed by atoms with Crippen LogP contribution in [0.4, 0.5) is 5.69 Å². The lowest BCUT2D eigenvalue weighted by molar-refractivity contribution is -0.129. The second-order valence-corrected chi connectivity index (χ2v) is 8.23. The standard InChI is InChI=1S/C25H23NO4S/c1-29-19-14-12-18(13-15-19)26-23(17-8-4-3-5-9-17)21(24(26)27)16-31-22-11-7-6-10-20(22)25(28)30-2/h3-15,21,23H,16H2,1-2H3. The maximum Gasteiger partial charge on any atom is 0.338 e. The summed E-state index contributed by atoms with van der Waals surface area (Å²) >= 11 is 1.51. The van der Waals surface area contributed by atoms with Gasteiger partial charge in [0, 0.05) is 16.3 Å². The summed E-state index contributed by atoms with van der Waals surface area (Å²) in [6, 6.07) is 24.8. The van der Waals surface area contributed by atoms with Crippen molar-refractivity contribution in [1.29, 1.82) is 0 Å². The van der Waals surface area contributed by atoms with Crippen molar-refractivity contribution in [2.45, 2.75) is 10.9 Å². The van der Waals surface area contributed by atoms with Crippen LogP contribution in [0, 0.1) is 5.92 Å². The molecule has 2 atom stereocenters. The topological polar surface area (TPSA) is 55.8 Å². The molecule has 1 aliphatic heterocycles. The van der Waals surface area contributed by atoms with E-state index in [1.165, 1.54) is 18.9 Å². The summed E-state index contributed by atoms with van der Waals surface area (Å²) in [6.45, 7) is 0. The number of carbonyl (C=O) groups is 2. The lowest BCUT2D eigenvalue weighted by Gasteiger charge is -2.47. The maximum absolute atomic E-state index is 13.2. The zero-order valence-electron chi connectivity index (χ0n) is 17.4. The summed E-state index contributed by atoms with van der Waals surface area (Å²) in [5.41, 5.74) is 2.45. The van der Waals surface area contributed by atoms with E-state index >= 15 is 0 Å². The van der Waals surface area contributed by atoms with Gasteiger partial charge in [-0.1, -0.05) is 42.5 Å². The molecule has 0 saturated carbocycles. The molecule has 4 rings (SSSR count). The number of methoxy groups -OCH3 is 2. The van der Waals surface area contributed by atoms with Gasteiger partial charge in [0.1, 0.15) is 5.75 Å². The number of nitrogens with zero attached hydrogens (tertiary/aromatic N) is 1. The van der Waals surface area contributed by atoms with E-state index < -0.39 is 0 Å². The van der Waals surface area contributed by atoms with E-state index in [0.29, 0.717) is 11.3 Å². The van der Waals surface area contributed by atoms with Crippen molar-refractivity contribution in [2.75, 3.05) is 24.9 Å². The van der Waals surface area contributed by atoms with E-state index in [4.69, 9.17) is 9.47 Å². The highest BCUT2D eigenvalue weighted by Crippen LogP contribution is 2.46. The number of ether oxygens (including phenoxy) is 2. The minimum absolute atomic E-state index is 0.0696. The van der Waals surface area contributed by atoms with E-state index in [9.17, 15) is 9.59 Å². The molecule has 0 aliphatic carbocycles. The minimum atomic E-state index is -0.373. The number of β-lactam (4-membered cyclic amide) rings is 1. The van der Waals surface area contributed by atoms with Crippen LogP contribution in [0.1, 0.15) is 22.0 Å². The van der Waals surface area contributed by atoms with Crippen LogP contribution in [0.5, 0.6) is 5.75 Å². The van der Waals surface area contributed by atoms with Gasteiger partial charge >= 0.3 is 5.97 Å². The highest BCUT2D eigenvalue weighted by atomic mass is 32.2. The molecular weight excluding hydrogens is 410 g/mol. The second kappa shape index (κ2) is 9.27. The fourth-order valence-corrected chi connectivity index (χ4v) is 4.99. The molecule has 5 nitrogen and oxygen atoms in total. The molecule has 1 aliphatic rings. The van der Waals surface area contributed by atoms with Gasteiger partial charge in [0.2, 0.25) is 5.91 Å². The van der Waals surface area contributed by atoms with Gasteiger partial charge in [0.25, 0.3) is 0 Å². The van der Waals surface area contributed by atoms with Crippen molar-refractivity contribution in [3.8, 4) is 5.75 Å². The Balaban J connectivity index is 1.59. The third-order valence-electron chi connectivity index (χ3n) is 5.42. The Morgan fingerprint density at radius 2 is 1.61 bits per heavy atom. The lowest BCUT2D eigenvalue weighted by atomic mass is 9.83. The van der Waals surface area contributed by atoms with E-state index in [1.54, 1.807) is 13.2 Å². The Kier molecular flexibility index (Phi) is 6.28. The number of amides is 1. The predicted molar refractivity (Wildman–Crippen MR) is 122 cm³/mol. The van der Waals surface area contributed by atoms with Crippen LogP contribution >= 0.6 is 11.8 Å². The first kappa shape index (κ1) is 21.0. The van der Waals surface area contributed by atoms with Crippen LogP contribution in [0.15, 0.2) is 83.8 Å². The largest absolute Gasteiger partial charge is 0.497 e. The van der Waals surface area contributed by atoms with E-state index in [0.717, 1.165) is 21.9 Å². The molecule has 31 heavy (non-hydrogen) atoms. The van der Waals surface area contributed by atoms with Crippen LogP contribution in [0.25, 0.3) is 0 Å². The van der Waals surface area contributed by atoms with Gasteiger partial charge in [-0.25, -0.2) is 4.79 Å². The van der Waals surface area contributed by atoms with Crippen LogP contribution in [-0.2, 0) is 9.53 Å². The summed E-state index contributed by atoms with van der Waals surface area (Å²) in [7, 11) is 2.99. The monoisotopic (exact) mass is 433 g/mol. The minimum Gasteiger partial charge on any atom is -0.497 e. The predicted octanol–water partition coefficient (Wildman–Crippen LogP) is 4.98. The SMILES string of the molecule is COC(=O)c1ccccc1SCC1C(=O)N(c2ccc(OC)cc2)C1c1ccccc1. The van der Waals surface area contributed by atoms with Gasteiger partial charge in [0.05, 0.1) is 31.7 Å². The molecule has 0 aromatic heterocycles. The van der Waals surface area contributed by atoms with Gasteiger partial charge < -0.3 is 14.4 Å². The average Bonchev–Trinajstić information content (AvgIpc) is 2.83. The Hall–Kier alpha value is -3.25. The highest BCUT2D eigenvalue weighted by Gasteiger charge is 2.48. The fourth-order valence-electron chi connectivity index (χ4n) is 3.82. The first-order chi connectivity index (χ1) is 15.1. The molecule has 6 heteroatoms. The molecule has 1 saturated heterocycles. The molecular formula is C25H23NO4S. The Bertz CT molecular complexity index is 1070. The number of rotatable bonds is 7. The zero-order chi connectivity index (χ0) is 21.8. The van der Waals surface area contributed by atoms with Crippen LogP contribution in [0.3, 0.4) is 0 Å². The molecule has 0 spiro atoms. The Morgan fingerprint density at radius 3 is 2.29 bits per heavy atom. The number of anilines is 1. The van der Waals surface area contributed by atoms with Gasteiger partial charge in [-0.2, -0.15) is 0 Å². The first-order valence-corrected chi connectivity index (χ1v) is 10.9. The van der Waals surface area contributed by atoms with Gasteiger partial charge in [-0.05, 0) is 42.0 Å². The molecule has 1 amide bonds. The van der Waals surface area contributed by atoms with Gasteiger partial charge in [-0.15, -0.1) is 11.8 Å². The zero-order valence-corrected chi connectivity index (χ0v) is 18.2. The van der Waals surface area contributed by atoms with Gasteiger partial charge in [0.15, 0.2) is 0 Å². The van der Waals surface area contributed by atoms with Crippen molar-refractivity contribution in [3.63, 3.8) is 0 Å². The molecule has 0 radical (unpaired) electrons. The van der Waals surface area contributed by atoms with Crippen molar-refractivity contribution >= 4 is 29.3 Å². The van der Waals surface area contributed by atoms with Crippen molar-refractivity contribution in [3.05, 3.63) is 90.0 Å². The van der Waals surface area contributed by atoms with E-state index in [2.05, 4.69) is 0 Å². The maximum atomic E-state index is 13.2. The van der Waals surface area contributed by atoms with Crippen molar-refractivity contribution in [1.82, 2.24) is 0 Å². The third-order valence-corrected chi connectivity index (χ3v) is 6.61. The summed E-state index contributed by atoms with van der Waals surface area (Å²) < 4.78 is 10.1. The molecule has 0 N–H and O–H groups in total. The number of esters is 1. The first-order valence-electron chi connectivity index (χ1n) is 9.96. The lowest BCUT2D eigenvalue weighted by Crippen LogP contribution is -2.56. The third kappa shape index (κ3) is 4.16. The molecule has 0 bridgehead atoms. The van der Waals surface area contributed by atoms with Gasteiger partial charge in [-0.3, -0.25) is 4.79 Å². The highest BCUT2D eigenvalue weighted by molar-refractivity contribution is 7.99. The van der Waals surface area contributed by atoms with Crippen molar-refractivity contribution in [2.24, 2.45) is 5.92 Å². The van der Waals surface area contributed by atoms with Crippen LogP contribution < -0.4 is 9.64 Å². The normalized spacial score (nSPS) is 17.7. The quantitative estimate of drug-likeness (QED) is 0.299. The smallest absolute Gasteiger partial charge is 0.338 e. The van der Waals surface area contributed by atoms with E-state index in [-0.39, 0.29) is 23.8 Å². The molecule has 3 aromatic carbocycles. The number of hydrogen-bond acceptors (Lipinski definition) is 5.